The van der Waals surface area contributed by atoms with Gasteiger partial charge in [-0.25, -0.2) is 13.1 Å². The minimum Gasteiger partial charge on any atom is -0.480 e. The van der Waals surface area contributed by atoms with Gasteiger partial charge in [-0.15, -0.1) is 0 Å². The molecular formula is C11H19N3O4S. The van der Waals surface area contributed by atoms with E-state index in [4.69, 9.17) is 5.11 Å². The van der Waals surface area contributed by atoms with Gasteiger partial charge in [0.25, 0.3) is 0 Å². The minimum absolute atomic E-state index is 0.0739. The molecule has 0 saturated heterocycles. The number of aryl methyl sites for hydroxylation is 1. The molecule has 0 amide bonds. The van der Waals surface area contributed by atoms with E-state index < -0.39 is 16.0 Å². The van der Waals surface area contributed by atoms with Gasteiger partial charge in [0.2, 0.25) is 10.0 Å². The average Bonchev–Trinajstić information content (AvgIpc) is 2.53. The van der Waals surface area contributed by atoms with E-state index >= 15 is 0 Å². The summed E-state index contributed by atoms with van der Waals surface area (Å²) >= 11 is 0. The highest BCUT2D eigenvalue weighted by Crippen LogP contribution is 2.19. The standard InChI is InChI=1S/C11H19N3O4S/c1-4-5-6-12-19(17,18)11-8(2)13-14(9(11)3)7-10(15)16/h12H,4-7H2,1-3H3,(H,15,16). The first-order valence-corrected chi connectivity index (χ1v) is 7.53. The maximum Gasteiger partial charge on any atom is 0.325 e. The van der Waals surface area contributed by atoms with Crippen molar-refractivity contribution in [1.82, 2.24) is 14.5 Å². The zero-order chi connectivity index (χ0) is 14.6. The number of sulfonamides is 1. The molecule has 0 aliphatic carbocycles. The zero-order valence-corrected chi connectivity index (χ0v) is 12.1. The summed E-state index contributed by atoms with van der Waals surface area (Å²) in [7, 11) is -3.64. The van der Waals surface area contributed by atoms with E-state index in [1.54, 1.807) is 13.8 Å². The van der Waals surface area contributed by atoms with Crippen molar-refractivity contribution in [3.63, 3.8) is 0 Å². The molecule has 108 valence electrons. The number of carboxylic acids is 1. The molecule has 0 bridgehead atoms. The molecule has 19 heavy (non-hydrogen) atoms. The van der Waals surface area contributed by atoms with Gasteiger partial charge in [-0.05, 0) is 20.3 Å². The van der Waals surface area contributed by atoms with E-state index in [0.717, 1.165) is 12.8 Å². The molecule has 0 atom stereocenters. The summed E-state index contributed by atoms with van der Waals surface area (Å²) in [5.74, 6) is -1.06. The van der Waals surface area contributed by atoms with Crippen LogP contribution < -0.4 is 4.72 Å². The van der Waals surface area contributed by atoms with E-state index in [2.05, 4.69) is 9.82 Å². The van der Waals surface area contributed by atoms with Crippen LogP contribution in [0.1, 0.15) is 31.2 Å². The molecule has 8 heteroatoms. The third-order valence-corrected chi connectivity index (χ3v) is 4.40. The molecule has 1 aromatic heterocycles. The lowest BCUT2D eigenvalue weighted by Gasteiger charge is -2.06. The van der Waals surface area contributed by atoms with E-state index in [-0.39, 0.29) is 11.4 Å². The number of aliphatic carboxylic acids is 1. The number of unbranched alkanes of at least 4 members (excludes halogenated alkanes) is 1. The minimum atomic E-state index is -3.64. The molecule has 1 rings (SSSR count). The summed E-state index contributed by atoms with van der Waals surface area (Å²) in [5, 5.41) is 12.7. The molecule has 0 aromatic carbocycles. The largest absolute Gasteiger partial charge is 0.480 e. The summed E-state index contributed by atoms with van der Waals surface area (Å²) in [6, 6.07) is 0. The SMILES string of the molecule is CCCCNS(=O)(=O)c1c(C)nn(CC(=O)O)c1C. The van der Waals surface area contributed by atoms with Crippen LogP contribution in [0.5, 0.6) is 0 Å². The first-order chi connectivity index (χ1) is 8.79. The van der Waals surface area contributed by atoms with Crippen LogP contribution in [-0.2, 0) is 21.4 Å². The molecule has 7 nitrogen and oxygen atoms in total. The predicted octanol–water partition coefficient (Wildman–Crippen LogP) is 0.663. The van der Waals surface area contributed by atoms with Crippen LogP contribution in [-0.4, -0.2) is 35.8 Å². The van der Waals surface area contributed by atoms with Gasteiger partial charge in [-0.1, -0.05) is 13.3 Å². The number of carboxylic acid groups (broad SMARTS) is 1. The average molecular weight is 289 g/mol. The van der Waals surface area contributed by atoms with E-state index in [0.29, 0.717) is 17.9 Å². The first-order valence-electron chi connectivity index (χ1n) is 6.05. The van der Waals surface area contributed by atoms with Crippen LogP contribution in [0.3, 0.4) is 0 Å². The van der Waals surface area contributed by atoms with Crippen molar-refractivity contribution in [3.8, 4) is 0 Å². The smallest absolute Gasteiger partial charge is 0.325 e. The summed E-state index contributed by atoms with van der Waals surface area (Å²) in [6.45, 7) is 5.09. The van der Waals surface area contributed by atoms with E-state index in [9.17, 15) is 13.2 Å². The molecule has 0 spiro atoms. The Morgan fingerprint density at radius 1 is 1.42 bits per heavy atom. The van der Waals surface area contributed by atoms with Gasteiger partial charge >= 0.3 is 5.97 Å². The third-order valence-electron chi connectivity index (χ3n) is 2.69. The Hall–Kier alpha value is -1.41. The predicted molar refractivity (Wildman–Crippen MR) is 69.4 cm³/mol. The van der Waals surface area contributed by atoms with Crippen molar-refractivity contribution >= 4 is 16.0 Å². The number of hydrogen-bond donors (Lipinski definition) is 2. The van der Waals surface area contributed by atoms with Crippen LogP contribution in [0.4, 0.5) is 0 Å². The highest BCUT2D eigenvalue weighted by molar-refractivity contribution is 7.89. The normalized spacial score (nSPS) is 11.7. The Balaban J connectivity index is 3.06. The molecule has 0 saturated carbocycles. The van der Waals surface area contributed by atoms with Crippen LogP contribution in [0.15, 0.2) is 4.90 Å². The van der Waals surface area contributed by atoms with Gasteiger partial charge in [0.15, 0.2) is 0 Å². The Labute approximate surface area is 112 Å². The summed E-state index contributed by atoms with van der Waals surface area (Å²) in [6.07, 6.45) is 1.64. The fourth-order valence-corrected chi connectivity index (χ4v) is 3.29. The van der Waals surface area contributed by atoms with Gasteiger partial charge in [0.05, 0.1) is 11.4 Å². The maximum atomic E-state index is 12.1. The van der Waals surface area contributed by atoms with Gasteiger partial charge in [-0.2, -0.15) is 5.10 Å². The van der Waals surface area contributed by atoms with Gasteiger partial charge in [0, 0.05) is 6.54 Å². The topological polar surface area (TPSA) is 101 Å². The van der Waals surface area contributed by atoms with Crippen molar-refractivity contribution < 1.29 is 18.3 Å². The van der Waals surface area contributed by atoms with Crippen molar-refractivity contribution in [2.24, 2.45) is 0 Å². The Morgan fingerprint density at radius 3 is 2.58 bits per heavy atom. The highest BCUT2D eigenvalue weighted by Gasteiger charge is 2.24. The highest BCUT2D eigenvalue weighted by atomic mass is 32.2. The second-order valence-electron chi connectivity index (χ2n) is 4.30. The number of aromatic nitrogens is 2. The summed E-state index contributed by atoms with van der Waals surface area (Å²) in [4.78, 5) is 10.8. The first kappa shape index (κ1) is 15.6. The summed E-state index contributed by atoms with van der Waals surface area (Å²) in [5.41, 5.74) is 0.645. The molecule has 0 unspecified atom stereocenters. The van der Waals surface area contributed by atoms with Gasteiger partial charge in [0.1, 0.15) is 11.4 Å². The molecule has 0 aliphatic rings. The second kappa shape index (κ2) is 6.16. The quantitative estimate of drug-likeness (QED) is 0.718. The Morgan fingerprint density at radius 2 is 2.05 bits per heavy atom. The molecule has 0 fully saturated rings. The van der Waals surface area contributed by atoms with E-state index in [1.807, 2.05) is 6.92 Å². The molecular weight excluding hydrogens is 270 g/mol. The fourth-order valence-electron chi connectivity index (χ4n) is 1.81. The lowest BCUT2D eigenvalue weighted by atomic mass is 10.3. The lowest BCUT2D eigenvalue weighted by Crippen LogP contribution is -2.26. The number of nitrogens with one attached hydrogen (secondary N) is 1. The monoisotopic (exact) mass is 289 g/mol. The molecule has 1 aromatic rings. The van der Waals surface area contributed by atoms with Crippen molar-refractivity contribution in [2.45, 2.75) is 45.1 Å². The number of carbonyl (C=O) groups is 1. The second-order valence-corrected chi connectivity index (χ2v) is 6.01. The zero-order valence-electron chi connectivity index (χ0n) is 11.3. The molecule has 1 heterocycles. The van der Waals surface area contributed by atoms with Crippen molar-refractivity contribution in [1.29, 1.82) is 0 Å². The van der Waals surface area contributed by atoms with Gasteiger partial charge in [-0.3, -0.25) is 9.48 Å². The lowest BCUT2D eigenvalue weighted by molar-refractivity contribution is -0.137. The van der Waals surface area contributed by atoms with E-state index in [1.165, 1.54) is 4.68 Å². The van der Waals surface area contributed by atoms with Crippen LogP contribution in [0.2, 0.25) is 0 Å². The Bertz CT molecular complexity index is 563. The molecule has 2 N–H and O–H groups in total. The number of nitrogens with zero attached hydrogens (tertiary/aromatic N) is 2. The van der Waals surface area contributed by atoms with Crippen LogP contribution in [0, 0.1) is 13.8 Å². The number of hydrogen-bond acceptors (Lipinski definition) is 4. The van der Waals surface area contributed by atoms with Crippen LogP contribution in [0.25, 0.3) is 0 Å². The maximum absolute atomic E-state index is 12.1. The van der Waals surface area contributed by atoms with Crippen molar-refractivity contribution in [2.75, 3.05) is 6.54 Å². The fraction of sp³-hybridized carbons (Fsp3) is 0.636. The molecule has 0 radical (unpaired) electrons. The molecule has 0 aliphatic heterocycles. The van der Waals surface area contributed by atoms with Crippen molar-refractivity contribution in [3.05, 3.63) is 11.4 Å². The van der Waals surface area contributed by atoms with Gasteiger partial charge < -0.3 is 5.11 Å². The third kappa shape index (κ3) is 3.77. The van der Waals surface area contributed by atoms with Crippen LogP contribution >= 0.6 is 0 Å². The summed E-state index contributed by atoms with van der Waals surface area (Å²) < 4.78 is 28.0. The number of rotatable bonds is 7. The Kier molecular flexibility index (Phi) is 5.07.